The molecule has 2 heterocycles. The normalized spacial score (nSPS) is 12.4. The van der Waals surface area contributed by atoms with Gasteiger partial charge in [-0.25, -0.2) is 17.4 Å². The second kappa shape index (κ2) is 9.75. The SMILES string of the molecule is CCN(C(=O)CCN(CCC(F)(F)F)S(C)(=O)=O)c1cn(-c2cccnc2)nc1Cl. The van der Waals surface area contributed by atoms with E-state index < -0.39 is 35.1 Å². The number of carbonyl (C=O) groups excluding carboxylic acids is 1. The highest BCUT2D eigenvalue weighted by molar-refractivity contribution is 7.88. The summed E-state index contributed by atoms with van der Waals surface area (Å²) in [6.45, 7) is 0.770. The molecule has 0 aliphatic rings. The maximum atomic E-state index is 12.7. The van der Waals surface area contributed by atoms with Crippen LogP contribution < -0.4 is 4.90 Å². The van der Waals surface area contributed by atoms with Crippen molar-refractivity contribution < 1.29 is 26.4 Å². The van der Waals surface area contributed by atoms with Gasteiger partial charge in [-0.1, -0.05) is 11.6 Å². The molecule has 2 aromatic rings. The number of sulfonamides is 1. The van der Waals surface area contributed by atoms with Crippen LogP contribution in [-0.4, -0.2) is 65.5 Å². The summed E-state index contributed by atoms with van der Waals surface area (Å²) in [5.41, 5.74) is 0.916. The van der Waals surface area contributed by atoms with Gasteiger partial charge in [0.25, 0.3) is 0 Å². The number of nitrogens with zero attached hydrogens (tertiary/aromatic N) is 5. The van der Waals surface area contributed by atoms with Gasteiger partial charge < -0.3 is 4.90 Å². The first-order valence-corrected chi connectivity index (χ1v) is 11.1. The smallest absolute Gasteiger partial charge is 0.308 e. The van der Waals surface area contributed by atoms with Gasteiger partial charge in [0.05, 0.1) is 30.8 Å². The summed E-state index contributed by atoms with van der Waals surface area (Å²) in [5, 5.41) is 4.19. The number of alkyl halides is 3. The van der Waals surface area contributed by atoms with Crippen LogP contribution in [0.3, 0.4) is 0 Å². The predicted molar refractivity (Wildman–Crippen MR) is 106 cm³/mol. The van der Waals surface area contributed by atoms with Gasteiger partial charge in [0.1, 0.15) is 5.69 Å². The van der Waals surface area contributed by atoms with E-state index in [0.29, 0.717) is 15.7 Å². The molecule has 13 heteroatoms. The fourth-order valence-electron chi connectivity index (χ4n) is 2.68. The van der Waals surface area contributed by atoms with E-state index in [1.165, 1.54) is 15.8 Å². The monoisotopic (exact) mass is 467 g/mol. The van der Waals surface area contributed by atoms with Gasteiger partial charge >= 0.3 is 6.18 Å². The number of pyridine rings is 1. The molecule has 0 aromatic carbocycles. The Labute approximate surface area is 177 Å². The van der Waals surface area contributed by atoms with Crippen LogP contribution in [0.4, 0.5) is 18.9 Å². The molecule has 0 N–H and O–H groups in total. The van der Waals surface area contributed by atoms with Crippen LogP contribution in [0.25, 0.3) is 5.69 Å². The molecule has 0 aliphatic heterocycles. The fraction of sp³-hybridized carbons (Fsp3) is 0.471. The summed E-state index contributed by atoms with van der Waals surface area (Å²) in [5.74, 6) is -0.495. The van der Waals surface area contributed by atoms with E-state index in [1.54, 1.807) is 31.5 Å². The van der Waals surface area contributed by atoms with Gasteiger partial charge in [0, 0.05) is 32.3 Å². The highest BCUT2D eigenvalue weighted by Crippen LogP contribution is 2.27. The van der Waals surface area contributed by atoms with Crippen molar-refractivity contribution in [2.24, 2.45) is 0 Å². The number of amides is 1. The van der Waals surface area contributed by atoms with E-state index in [4.69, 9.17) is 11.6 Å². The zero-order valence-electron chi connectivity index (χ0n) is 16.3. The van der Waals surface area contributed by atoms with Gasteiger partial charge in [0.15, 0.2) is 5.15 Å². The molecule has 2 rings (SSSR count). The molecule has 1 amide bonds. The van der Waals surface area contributed by atoms with E-state index >= 15 is 0 Å². The fourth-order valence-corrected chi connectivity index (χ4v) is 3.76. The Bertz CT molecular complexity index is 967. The molecule has 30 heavy (non-hydrogen) atoms. The van der Waals surface area contributed by atoms with Crippen LogP contribution in [0.1, 0.15) is 19.8 Å². The van der Waals surface area contributed by atoms with Crippen LogP contribution in [0.5, 0.6) is 0 Å². The van der Waals surface area contributed by atoms with Crippen molar-refractivity contribution in [2.75, 3.05) is 30.8 Å². The van der Waals surface area contributed by atoms with Gasteiger partial charge in [-0.3, -0.25) is 9.78 Å². The molecular weight excluding hydrogens is 447 g/mol. The lowest BCUT2D eigenvalue weighted by atomic mass is 10.3. The number of hydrogen-bond acceptors (Lipinski definition) is 5. The largest absolute Gasteiger partial charge is 0.390 e. The van der Waals surface area contributed by atoms with Crippen molar-refractivity contribution in [3.8, 4) is 5.69 Å². The summed E-state index contributed by atoms with van der Waals surface area (Å²) in [6.07, 6.45) is -0.641. The Balaban J connectivity index is 2.13. The maximum Gasteiger partial charge on any atom is 0.390 e. The summed E-state index contributed by atoms with van der Waals surface area (Å²) >= 11 is 6.17. The molecule has 2 aromatic heterocycles. The first-order chi connectivity index (χ1) is 13.9. The third-order valence-corrected chi connectivity index (χ3v) is 5.73. The van der Waals surface area contributed by atoms with Crippen LogP contribution in [0.2, 0.25) is 5.15 Å². The lowest BCUT2D eigenvalue weighted by Gasteiger charge is -2.23. The molecule has 0 unspecified atom stereocenters. The van der Waals surface area contributed by atoms with Crippen LogP contribution in [0, 0.1) is 0 Å². The van der Waals surface area contributed by atoms with E-state index in [2.05, 4.69) is 10.1 Å². The minimum absolute atomic E-state index is 0.0473. The van der Waals surface area contributed by atoms with Crippen molar-refractivity contribution in [1.82, 2.24) is 19.1 Å². The van der Waals surface area contributed by atoms with Crippen molar-refractivity contribution in [1.29, 1.82) is 0 Å². The third-order valence-electron chi connectivity index (χ3n) is 4.16. The van der Waals surface area contributed by atoms with E-state index in [1.807, 2.05) is 0 Å². The molecule has 0 saturated heterocycles. The lowest BCUT2D eigenvalue weighted by molar-refractivity contribution is -0.135. The average Bonchev–Trinajstić information content (AvgIpc) is 3.02. The molecule has 0 fully saturated rings. The summed E-state index contributed by atoms with van der Waals surface area (Å²) < 4.78 is 63.0. The van der Waals surface area contributed by atoms with Gasteiger partial charge in [-0.15, -0.1) is 0 Å². The Morgan fingerprint density at radius 2 is 2.00 bits per heavy atom. The number of hydrogen-bond donors (Lipinski definition) is 0. The zero-order chi connectivity index (χ0) is 22.5. The van der Waals surface area contributed by atoms with Crippen molar-refractivity contribution >= 4 is 33.2 Å². The van der Waals surface area contributed by atoms with Crippen molar-refractivity contribution in [3.05, 3.63) is 35.9 Å². The van der Waals surface area contributed by atoms with E-state index in [-0.39, 0.29) is 24.7 Å². The summed E-state index contributed by atoms with van der Waals surface area (Å²) in [7, 11) is -3.91. The van der Waals surface area contributed by atoms with Crippen molar-refractivity contribution in [2.45, 2.75) is 25.9 Å². The first kappa shape index (κ1) is 24.1. The topological polar surface area (TPSA) is 88.4 Å². The number of halogens is 4. The van der Waals surface area contributed by atoms with Crippen LogP contribution in [-0.2, 0) is 14.8 Å². The highest BCUT2D eigenvalue weighted by atomic mass is 35.5. The quantitative estimate of drug-likeness (QED) is 0.566. The molecular formula is C17H21ClF3N5O3S. The first-order valence-electron chi connectivity index (χ1n) is 8.90. The van der Waals surface area contributed by atoms with Gasteiger partial charge in [-0.2, -0.15) is 18.3 Å². The highest BCUT2D eigenvalue weighted by Gasteiger charge is 2.30. The molecule has 0 aliphatic carbocycles. The van der Waals surface area contributed by atoms with Crippen LogP contribution in [0.15, 0.2) is 30.7 Å². The Kier molecular flexibility index (Phi) is 7.83. The molecule has 0 atom stereocenters. The lowest BCUT2D eigenvalue weighted by Crippen LogP contribution is -2.38. The number of rotatable bonds is 9. The molecule has 166 valence electrons. The predicted octanol–water partition coefficient (Wildman–Crippen LogP) is 2.88. The molecule has 0 bridgehead atoms. The molecule has 8 nitrogen and oxygen atoms in total. The Morgan fingerprint density at radius 3 is 2.53 bits per heavy atom. The van der Waals surface area contributed by atoms with Gasteiger partial charge in [-0.05, 0) is 19.1 Å². The van der Waals surface area contributed by atoms with Gasteiger partial charge in [0.2, 0.25) is 15.9 Å². The van der Waals surface area contributed by atoms with E-state index in [9.17, 15) is 26.4 Å². The standard InChI is InChI=1S/C17H21ClF3N5O3S/c1-3-25(14-12-26(23-16(14)18)13-5-4-8-22-11-13)15(27)6-9-24(30(2,28)29)10-7-17(19,20)21/h4-5,8,11-12H,3,6-7,9-10H2,1-2H3. The average molecular weight is 468 g/mol. The summed E-state index contributed by atoms with van der Waals surface area (Å²) in [4.78, 5) is 18.0. The minimum Gasteiger partial charge on any atom is -0.308 e. The molecule has 0 spiro atoms. The number of carbonyl (C=O) groups is 1. The summed E-state index contributed by atoms with van der Waals surface area (Å²) in [6, 6.07) is 3.44. The Hall–Kier alpha value is -2.18. The minimum atomic E-state index is -4.50. The number of aromatic nitrogens is 3. The Morgan fingerprint density at radius 1 is 1.30 bits per heavy atom. The van der Waals surface area contributed by atoms with Crippen molar-refractivity contribution in [3.63, 3.8) is 0 Å². The number of anilines is 1. The van der Waals surface area contributed by atoms with Crippen LogP contribution >= 0.6 is 11.6 Å². The second-order valence-electron chi connectivity index (χ2n) is 6.38. The third kappa shape index (κ3) is 6.67. The second-order valence-corrected chi connectivity index (χ2v) is 8.72. The van der Waals surface area contributed by atoms with E-state index in [0.717, 1.165) is 6.26 Å². The molecule has 0 radical (unpaired) electrons. The zero-order valence-corrected chi connectivity index (χ0v) is 17.9. The maximum absolute atomic E-state index is 12.7. The molecule has 0 saturated carbocycles.